The number of aromatic amines is 1. The van der Waals surface area contributed by atoms with E-state index in [-0.39, 0.29) is 5.91 Å². The highest BCUT2D eigenvalue weighted by Gasteiger charge is 2.23. The third-order valence-corrected chi connectivity index (χ3v) is 4.36. The molecule has 0 aliphatic carbocycles. The predicted molar refractivity (Wildman–Crippen MR) is 92.1 cm³/mol. The van der Waals surface area contributed by atoms with Crippen LogP contribution in [0.3, 0.4) is 0 Å². The molecule has 1 aromatic carbocycles. The summed E-state index contributed by atoms with van der Waals surface area (Å²) >= 11 is 0. The van der Waals surface area contributed by atoms with E-state index in [1.807, 2.05) is 30.9 Å². The number of H-pyrrole nitrogens is 1. The van der Waals surface area contributed by atoms with E-state index in [1.54, 1.807) is 6.20 Å². The smallest absolute Gasteiger partial charge is 0.257 e. The van der Waals surface area contributed by atoms with Crippen molar-refractivity contribution in [1.29, 1.82) is 0 Å². The van der Waals surface area contributed by atoms with Crippen LogP contribution in [0.2, 0.25) is 0 Å². The molecule has 1 fully saturated rings. The number of hydrogen-bond acceptors (Lipinski definition) is 4. The van der Waals surface area contributed by atoms with Gasteiger partial charge < -0.3 is 9.64 Å². The molecule has 2 heterocycles. The van der Waals surface area contributed by atoms with Crippen molar-refractivity contribution in [2.75, 3.05) is 32.8 Å². The summed E-state index contributed by atoms with van der Waals surface area (Å²) in [5.41, 5.74) is 2.77. The number of nitrogens with zero attached hydrogens (tertiary/aromatic N) is 3. The van der Waals surface area contributed by atoms with E-state index >= 15 is 0 Å². The molecule has 1 amide bonds. The molecule has 2 aromatic rings. The minimum absolute atomic E-state index is 0.0713. The summed E-state index contributed by atoms with van der Waals surface area (Å²) in [5.74, 6) is 0.981. The lowest BCUT2D eigenvalue weighted by atomic mass is 10.1. The molecule has 24 heavy (non-hydrogen) atoms. The van der Waals surface area contributed by atoms with E-state index in [9.17, 15) is 4.79 Å². The number of piperazine rings is 1. The van der Waals surface area contributed by atoms with Gasteiger partial charge in [0, 0.05) is 38.4 Å². The Morgan fingerprint density at radius 1 is 1.21 bits per heavy atom. The van der Waals surface area contributed by atoms with Crippen molar-refractivity contribution in [2.24, 2.45) is 0 Å². The Balaban J connectivity index is 1.51. The number of hydrogen-bond donors (Lipinski definition) is 1. The van der Waals surface area contributed by atoms with E-state index in [4.69, 9.17) is 4.74 Å². The van der Waals surface area contributed by atoms with Crippen LogP contribution < -0.4 is 4.74 Å². The first-order valence-corrected chi connectivity index (χ1v) is 8.40. The standard InChI is InChI=1S/C18H24N4O2/c1-3-24-16-6-4-15(5-7-16)13-21-8-10-22(11-9-21)18(23)17-12-19-20-14(17)2/h4-7,12H,3,8-11,13H2,1-2H3,(H,19,20). The Kier molecular flexibility index (Phi) is 5.15. The highest BCUT2D eigenvalue weighted by molar-refractivity contribution is 5.95. The number of ether oxygens (including phenoxy) is 1. The second kappa shape index (κ2) is 7.49. The fraction of sp³-hybridized carbons (Fsp3) is 0.444. The Hall–Kier alpha value is -2.34. The number of carbonyl (C=O) groups excluding carboxylic acids is 1. The zero-order valence-corrected chi connectivity index (χ0v) is 14.3. The molecular formula is C18H24N4O2. The normalized spacial score (nSPS) is 15.5. The number of aryl methyl sites for hydroxylation is 1. The Labute approximate surface area is 142 Å². The topological polar surface area (TPSA) is 61.5 Å². The summed E-state index contributed by atoms with van der Waals surface area (Å²) in [6, 6.07) is 8.25. The maximum absolute atomic E-state index is 12.5. The van der Waals surface area contributed by atoms with Gasteiger partial charge in [0.15, 0.2) is 0 Å². The molecule has 0 unspecified atom stereocenters. The molecule has 0 atom stereocenters. The first-order chi connectivity index (χ1) is 11.7. The van der Waals surface area contributed by atoms with Gasteiger partial charge in [-0.15, -0.1) is 0 Å². The van der Waals surface area contributed by atoms with Crippen molar-refractivity contribution in [2.45, 2.75) is 20.4 Å². The Bertz CT molecular complexity index is 673. The highest BCUT2D eigenvalue weighted by atomic mass is 16.5. The fourth-order valence-corrected chi connectivity index (χ4v) is 2.96. The largest absolute Gasteiger partial charge is 0.494 e. The van der Waals surface area contributed by atoms with Crippen molar-refractivity contribution in [1.82, 2.24) is 20.0 Å². The van der Waals surface area contributed by atoms with Gasteiger partial charge in [-0.2, -0.15) is 5.10 Å². The number of benzene rings is 1. The second-order valence-corrected chi connectivity index (χ2v) is 6.05. The Morgan fingerprint density at radius 3 is 2.50 bits per heavy atom. The summed E-state index contributed by atoms with van der Waals surface area (Å²) < 4.78 is 5.47. The number of carbonyl (C=O) groups is 1. The van der Waals surface area contributed by atoms with Crippen molar-refractivity contribution in [3.05, 3.63) is 47.3 Å². The average Bonchev–Trinajstić information content (AvgIpc) is 3.03. The molecule has 0 bridgehead atoms. The molecule has 128 valence electrons. The van der Waals surface area contributed by atoms with Gasteiger partial charge in [0.2, 0.25) is 0 Å². The molecule has 0 radical (unpaired) electrons. The van der Waals surface area contributed by atoms with Crippen LogP contribution in [0.15, 0.2) is 30.5 Å². The summed E-state index contributed by atoms with van der Waals surface area (Å²) in [6.45, 7) is 8.72. The van der Waals surface area contributed by atoms with Gasteiger partial charge in [0.25, 0.3) is 5.91 Å². The summed E-state index contributed by atoms with van der Waals surface area (Å²) in [7, 11) is 0. The van der Waals surface area contributed by atoms with Crippen LogP contribution in [-0.4, -0.2) is 58.7 Å². The SMILES string of the molecule is CCOc1ccc(CN2CCN(C(=O)c3cn[nH]c3C)CC2)cc1. The van der Waals surface area contributed by atoms with Gasteiger partial charge in [-0.05, 0) is 31.5 Å². The van der Waals surface area contributed by atoms with Crippen LogP contribution in [-0.2, 0) is 6.54 Å². The van der Waals surface area contributed by atoms with E-state index < -0.39 is 0 Å². The van der Waals surface area contributed by atoms with Crippen molar-refractivity contribution >= 4 is 5.91 Å². The van der Waals surface area contributed by atoms with E-state index in [0.717, 1.165) is 44.2 Å². The first-order valence-electron chi connectivity index (χ1n) is 8.40. The lowest BCUT2D eigenvalue weighted by Crippen LogP contribution is -2.48. The molecule has 1 saturated heterocycles. The van der Waals surface area contributed by atoms with Gasteiger partial charge in [-0.25, -0.2) is 0 Å². The van der Waals surface area contributed by atoms with Gasteiger partial charge in [0.05, 0.1) is 18.4 Å². The van der Waals surface area contributed by atoms with Crippen molar-refractivity contribution in [3.63, 3.8) is 0 Å². The molecule has 6 nitrogen and oxygen atoms in total. The molecule has 1 aliphatic rings. The van der Waals surface area contributed by atoms with Crippen LogP contribution in [0.25, 0.3) is 0 Å². The highest BCUT2D eigenvalue weighted by Crippen LogP contribution is 2.16. The number of nitrogens with one attached hydrogen (secondary N) is 1. The van der Waals surface area contributed by atoms with Gasteiger partial charge in [0.1, 0.15) is 5.75 Å². The van der Waals surface area contributed by atoms with E-state index in [1.165, 1.54) is 5.56 Å². The molecule has 1 aromatic heterocycles. The lowest BCUT2D eigenvalue weighted by Gasteiger charge is -2.34. The van der Waals surface area contributed by atoms with Crippen molar-refractivity contribution < 1.29 is 9.53 Å². The Morgan fingerprint density at radius 2 is 1.92 bits per heavy atom. The minimum atomic E-state index is 0.0713. The lowest BCUT2D eigenvalue weighted by molar-refractivity contribution is 0.0628. The number of amides is 1. The van der Waals surface area contributed by atoms with Gasteiger partial charge in [-0.3, -0.25) is 14.8 Å². The molecule has 3 rings (SSSR count). The zero-order chi connectivity index (χ0) is 16.9. The minimum Gasteiger partial charge on any atom is -0.494 e. The average molecular weight is 328 g/mol. The monoisotopic (exact) mass is 328 g/mol. The summed E-state index contributed by atoms with van der Waals surface area (Å²) in [5, 5.41) is 6.76. The summed E-state index contributed by atoms with van der Waals surface area (Å²) in [6.07, 6.45) is 1.62. The van der Waals surface area contributed by atoms with Crippen LogP contribution in [0.1, 0.15) is 28.5 Å². The van der Waals surface area contributed by atoms with Crippen LogP contribution in [0.5, 0.6) is 5.75 Å². The van der Waals surface area contributed by atoms with Crippen LogP contribution in [0, 0.1) is 6.92 Å². The molecular weight excluding hydrogens is 304 g/mol. The number of aromatic nitrogens is 2. The van der Waals surface area contributed by atoms with E-state index in [0.29, 0.717) is 12.2 Å². The maximum atomic E-state index is 12.5. The van der Waals surface area contributed by atoms with Gasteiger partial charge >= 0.3 is 0 Å². The van der Waals surface area contributed by atoms with Crippen molar-refractivity contribution in [3.8, 4) is 5.75 Å². The molecule has 1 N–H and O–H groups in total. The second-order valence-electron chi connectivity index (χ2n) is 6.05. The first kappa shape index (κ1) is 16.5. The third-order valence-electron chi connectivity index (χ3n) is 4.36. The summed E-state index contributed by atoms with van der Waals surface area (Å²) in [4.78, 5) is 16.8. The van der Waals surface area contributed by atoms with Crippen LogP contribution in [0.4, 0.5) is 0 Å². The third kappa shape index (κ3) is 3.76. The molecule has 0 saturated carbocycles. The molecule has 0 spiro atoms. The zero-order valence-electron chi connectivity index (χ0n) is 14.3. The fourth-order valence-electron chi connectivity index (χ4n) is 2.96. The quantitative estimate of drug-likeness (QED) is 0.913. The van der Waals surface area contributed by atoms with E-state index in [2.05, 4.69) is 27.2 Å². The molecule has 1 aliphatic heterocycles. The molecule has 6 heteroatoms. The number of rotatable bonds is 5. The predicted octanol–water partition coefficient (Wildman–Crippen LogP) is 2.07. The van der Waals surface area contributed by atoms with Crippen LogP contribution >= 0.6 is 0 Å². The maximum Gasteiger partial charge on any atom is 0.257 e. The van der Waals surface area contributed by atoms with Gasteiger partial charge in [-0.1, -0.05) is 12.1 Å².